The van der Waals surface area contributed by atoms with E-state index < -0.39 is 0 Å². The minimum atomic E-state index is -0.250. The summed E-state index contributed by atoms with van der Waals surface area (Å²) in [5, 5.41) is 7.07. The first-order valence-corrected chi connectivity index (χ1v) is 8.19. The Balaban J connectivity index is 1.54. The minimum absolute atomic E-state index is 0.00344. The maximum absolute atomic E-state index is 12.6. The molecule has 0 atom stereocenters. The van der Waals surface area contributed by atoms with Crippen LogP contribution in [0.2, 0.25) is 0 Å². The lowest BCUT2D eigenvalue weighted by Gasteiger charge is -2.28. The average Bonchev–Trinajstić information content (AvgIpc) is 3.15. The third-order valence-electron chi connectivity index (χ3n) is 4.08. The van der Waals surface area contributed by atoms with Crippen LogP contribution >= 0.6 is 0 Å². The highest BCUT2D eigenvalue weighted by atomic mass is 16.2. The molecule has 2 heterocycles. The normalized spacial score (nSPS) is 13.5. The molecule has 0 spiro atoms. The highest BCUT2D eigenvalue weighted by Gasteiger charge is 2.25. The Morgan fingerprint density at radius 2 is 1.85 bits per heavy atom. The van der Waals surface area contributed by atoms with E-state index >= 15 is 0 Å². The molecular weight excluding hydrogens is 328 g/mol. The minimum Gasteiger partial charge on any atom is -0.323 e. The summed E-state index contributed by atoms with van der Waals surface area (Å²) in [6.45, 7) is 0.00344. The molecule has 1 aromatic heterocycles. The van der Waals surface area contributed by atoms with Gasteiger partial charge in [-0.2, -0.15) is 5.10 Å². The summed E-state index contributed by atoms with van der Waals surface area (Å²) in [5.41, 5.74) is 3.08. The van der Waals surface area contributed by atoms with Crippen molar-refractivity contribution in [3.63, 3.8) is 0 Å². The van der Waals surface area contributed by atoms with Crippen molar-refractivity contribution in [3.05, 3.63) is 78.6 Å². The van der Waals surface area contributed by atoms with E-state index in [1.807, 2.05) is 54.7 Å². The average molecular weight is 344 g/mol. The van der Waals surface area contributed by atoms with E-state index in [2.05, 4.69) is 10.4 Å². The van der Waals surface area contributed by atoms with Crippen molar-refractivity contribution in [2.75, 3.05) is 16.8 Å². The van der Waals surface area contributed by atoms with Crippen LogP contribution < -0.4 is 10.2 Å². The quantitative estimate of drug-likeness (QED) is 0.743. The standard InChI is InChI=1S/C20H16N4O2/c25-19-14-23(18-9-5-4-8-17(18)22-19)20(26)11-10-15-12-21-24(13-15)16-6-2-1-3-7-16/h1-13H,14H2,(H,22,25)/b11-10+. The summed E-state index contributed by atoms with van der Waals surface area (Å²) in [6.07, 6.45) is 6.69. The molecule has 0 radical (unpaired) electrons. The van der Waals surface area contributed by atoms with Gasteiger partial charge in [0.15, 0.2) is 0 Å². The zero-order chi connectivity index (χ0) is 17.9. The van der Waals surface area contributed by atoms with E-state index in [4.69, 9.17) is 0 Å². The fraction of sp³-hybridized carbons (Fsp3) is 0.0500. The number of carbonyl (C=O) groups excluding carboxylic acids is 2. The summed E-state index contributed by atoms with van der Waals surface area (Å²) in [5.74, 6) is -0.456. The molecule has 6 nitrogen and oxygen atoms in total. The van der Waals surface area contributed by atoms with E-state index in [-0.39, 0.29) is 18.4 Å². The van der Waals surface area contributed by atoms with E-state index in [0.29, 0.717) is 11.4 Å². The maximum atomic E-state index is 12.6. The van der Waals surface area contributed by atoms with Crippen molar-refractivity contribution in [1.82, 2.24) is 9.78 Å². The molecule has 0 saturated carbocycles. The Morgan fingerprint density at radius 1 is 1.08 bits per heavy atom. The summed E-state index contributed by atoms with van der Waals surface area (Å²) in [7, 11) is 0. The molecule has 1 N–H and O–H groups in total. The lowest BCUT2D eigenvalue weighted by molar-refractivity contribution is -0.119. The molecule has 26 heavy (non-hydrogen) atoms. The molecule has 1 aliphatic rings. The molecule has 1 aliphatic heterocycles. The van der Waals surface area contributed by atoms with Gasteiger partial charge in [0.1, 0.15) is 6.54 Å². The summed E-state index contributed by atoms with van der Waals surface area (Å²) < 4.78 is 1.74. The predicted molar refractivity (Wildman–Crippen MR) is 100 cm³/mol. The number of amides is 2. The Kier molecular flexibility index (Phi) is 4.07. The second kappa shape index (κ2) is 6.68. The van der Waals surface area contributed by atoms with E-state index in [9.17, 15) is 9.59 Å². The third-order valence-corrected chi connectivity index (χ3v) is 4.08. The molecule has 4 rings (SSSR count). The van der Waals surface area contributed by atoms with Crippen LogP contribution in [0.4, 0.5) is 11.4 Å². The van der Waals surface area contributed by atoms with Gasteiger partial charge in [0.05, 0.1) is 23.3 Å². The molecule has 128 valence electrons. The van der Waals surface area contributed by atoms with Gasteiger partial charge in [-0.05, 0) is 30.3 Å². The first-order valence-electron chi connectivity index (χ1n) is 8.19. The second-order valence-electron chi connectivity index (χ2n) is 5.88. The smallest absolute Gasteiger partial charge is 0.251 e. The highest BCUT2D eigenvalue weighted by Crippen LogP contribution is 2.29. The molecule has 0 fully saturated rings. The Labute approximate surface area is 150 Å². The predicted octanol–water partition coefficient (Wildman–Crippen LogP) is 2.87. The third kappa shape index (κ3) is 3.12. The van der Waals surface area contributed by atoms with Crippen molar-refractivity contribution >= 4 is 29.3 Å². The molecule has 0 unspecified atom stereocenters. The number of aromatic nitrogens is 2. The molecule has 2 aromatic carbocycles. The number of nitrogens with zero attached hydrogens (tertiary/aromatic N) is 3. The Morgan fingerprint density at radius 3 is 2.69 bits per heavy atom. The van der Waals surface area contributed by atoms with Gasteiger partial charge >= 0.3 is 0 Å². The number of rotatable bonds is 3. The topological polar surface area (TPSA) is 67.2 Å². The monoisotopic (exact) mass is 344 g/mol. The number of fused-ring (bicyclic) bond motifs is 1. The Hall–Kier alpha value is -3.67. The Bertz CT molecular complexity index is 992. The number of carbonyl (C=O) groups is 2. The number of hydrogen-bond acceptors (Lipinski definition) is 3. The van der Waals surface area contributed by atoms with Crippen LogP contribution in [0, 0.1) is 0 Å². The lowest BCUT2D eigenvalue weighted by atomic mass is 10.2. The van der Waals surface area contributed by atoms with Gasteiger partial charge in [0.25, 0.3) is 5.91 Å². The highest BCUT2D eigenvalue weighted by molar-refractivity contribution is 6.13. The number of anilines is 2. The first kappa shape index (κ1) is 15.8. The van der Waals surface area contributed by atoms with E-state index in [1.54, 1.807) is 23.0 Å². The lowest BCUT2D eigenvalue weighted by Crippen LogP contribution is -2.41. The van der Waals surface area contributed by atoms with Crippen LogP contribution in [-0.4, -0.2) is 28.1 Å². The largest absolute Gasteiger partial charge is 0.323 e. The molecule has 3 aromatic rings. The van der Waals surface area contributed by atoms with Crippen LogP contribution in [0.1, 0.15) is 5.56 Å². The number of hydrogen-bond donors (Lipinski definition) is 1. The molecular formula is C20H16N4O2. The van der Waals surface area contributed by atoms with Gasteiger partial charge in [-0.25, -0.2) is 4.68 Å². The van der Waals surface area contributed by atoms with Gasteiger partial charge < -0.3 is 5.32 Å². The maximum Gasteiger partial charge on any atom is 0.251 e. The summed E-state index contributed by atoms with van der Waals surface area (Å²) in [4.78, 5) is 25.9. The van der Waals surface area contributed by atoms with Crippen LogP contribution in [-0.2, 0) is 9.59 Å². The van der Waals surface area contributed by atoms with E-state index in [0.717, 1.165) is 11.3 Å². The molecule has 0 aliphatic carbocycles. The zero-order valence-corrected chi connectivity index (χ0v) is 13.9. The van der Waals surface area contributed by atoms with Crippen molar-refractivity contribution in [3.8, 4) is 5.69 Å². The SMILES string of the molecule is O=C1CN(C(=O)/C=C/c2cnn(-c3ccccc3)c2)c2ccccc2N1. The summed E-state index contributed by atoms with van der Waals surface area (Å²) in [6, 6.07) is 17.0. The molecule has 0 bridgehead atoms. The molecule has 0 saturated heterocycles. The number of para-hydroxylation sites is 3. The van der Waals surface area contributed by atoms with Crippen LogP contribution in [0.25, 0.3) is 11.8 Å². The van der Waals surface area contributed by atoms with Crippen LogP contribution in [0.15, 0.2) is 73.1 Å². The van der Waals surface area contributed by atoms with Crippen molar-refractivity contribution < 1.29 is 9.59 Å². The van der Waals surface area contributed by atoms with Crippen molar-refractivity contribution in [1.29, 1.82) is 0 Å². The second-order valence-corrected chi connectivity index (χ2v) is 5.88. The van der Waals surface area contributed by atoms with Gasteiger partial charge in [-0.3, -0.25) is 14.5 Å². The number of benzene rings is 2. The fourth-order valence-corrected chi connectivity index (χ4v) is 2.83. The van der Waals surface area contributed by atoms with Gasteiger partial charge in [0, 0.05) is 17.8 Å². The number of nitrogens with one attached hydrogen (secondary N) is 1. The molecule has 6 heteroatoms. The first-order chi connectivity index (χ1) is 12.7. The van der Waals surface area contributed by atoms with E-state index in [1.165, 1.54) is 11.0 Å². The fourth-order valence-electron chi connectivity index (χ4n) is 2.83. The zero-order valence-electron chi connectivity index (χ0n) is 13.9. The van der Waals surface area contributed by atoms with Crippen LogP contribution in [0.3, 0.4) is 0 Å². The molecule has 2 amide bonds. The van der Waals surface area contributed by atoms with Crippen molar-refractivity contribution in [2.24, 2.45) is 0 Å². The van der Waals surface area contributed by atoms with Crippen molar-refractivity contribution in [2.45, 2.75) is 0 Å². The van der Waals surface area contributed by atoms with Crippen LogP contribution in [0.5, 0.6) is 0 Å². The van der Waals surface area contributed by atoms with Gasteiger partial charge in [-0.1, -0.05) is 30.3 Å². The summed E-state index contributed by atoms with van der Waals surface area (Å²) >= 11 is 0. The van der Waals surface area contributed by atoms with Gasteiger partial charge in [0.2, 0.25) is 5.91 Å². The van der Waals surface area contributed by atoms with Gasteiger partial charge in [-0.15, -0.1) is 0 Å².